The molecule has 1 fully saturated rings. The Morgan fingerprint density at radius 1 is 1.12 bits per heavy atom. The normalized spacial score (nSPS) is 17.7. The SMILES string of the molecule is CN(C)c1ccnc(NC2CCCN(c3nccn4ccnc34)C2)n1. The highest BCUT2D eigenvalue weighted by Crippen LogP contribution is 2.23. The average Bonchev–Trinajstić information content (AvgIpc) is 3.11. The number of rotatable bonds is 4. The zero-order valence-electron chi connectivity index (χ0n) is 14.5. The molecule has 130 valence electrons. The molecule has 4 heterocycles. The van der Waals surface area contributed by atoms with E-state index in [1.54, 1.807) is 12.4 Å². The van der Waals surface area contributed by atoms with E-state index in [0.717, 1.165) is 43.2 Å². The van der Waals surface area contributed by atoms with Crippen LogP contribution < -0.4 is 15.1 Å². The second kappa shape index (κ2) is 6.54. The molecule has 4 rings (SSSR count). The van der Waals surface area contributed by atoms with Crippen LogP contribution in [0.4, 0.5) is 17.6 Å². The molecule has 1 aliphatic rings. The summed E-state index contributed by atoms with van der Waals surface area (Å²) in [6.07, 6.45) is 11.5. The quantitative estimate of drug-likeness (QED) is 0.775. The molecule has 1 aliphatic heterocycles. The van der Waals surface area contributed by atoms with Gasteiger partial charge in [0.1, 0.15) is 5.82 Å². The molecule has 25 heavy (non-hydrogen) atoms. The van der Waals surface area contributed by atoms with Crippen LogP contribution in [0.15, 0.2) is 37.1 Å². The van der Waals surface area contributed by atoms with Crippen molar-refractivity contribution in [3.63, 3.8) is 0 Å². The molecule has 8 heteroatoms. The van der Waals surface area contributed by atoms with Crippen LogP contribution in [0.3, 0.4) is 0 Å². The first-order chi connectivity index (χ1) is 12.2. The summed E-state index contributed by atoms with van der Waals surface area (Å²) < 4.78 is 2.00. The molecule has 0 aromatic carbocycles. The number of fused-ring (bicyclic) bond motifs is 1. The lowest BCUT2D eigenvalue weighted by Gasteiger charge is -2.34. The molecular formula is C17H22N8. The van der Waals surface area contributed by atoms with Crippen LogP contribution >= 0.6 is 0 Å². The summed E-state index contributed by atoms with van der Waals surface area (Å²) in [5.74, 6) is 2.50. The Kier molecular flexibility index (Phi) is 4.09. The number of nitrogens with zero attached hydrogens (tertiary/aromatic N) is 7. The summed E-state index contributed by atoms with van der Waals surface area (Å²) in [4.78, 5) is 22.2. The van der Waals surface area contributed by atoms with Crippen molar-refractivity contribution in [2.24, 2.45) is 0 Å². The van der Waals surface area contributed by atoms with Crippen molar-refractivity contribution >= 4 is 23.2 Å². The molecule has 0 amide bonds. The van der Waals surface area contributed by atoms with E-state index >= 15 is 0 Å². The highest BCUT2D eigenvalue weighted by molar-refractivity contribution is 5.64. The minimum absolute atomic E-state index is 0.281. The lowest BCUT2D eigenvalue weighted by Crippen LogP contribution is -2.43. The summed E-state index contributed by atoms with van der Waals surface area (Å²) >= 11 is 0. The molecule has 0 spiro atoms. The van der Waals surface area contributed by atoms with Crippen molar-refractivity contribution < 1.29 is 0 Å². The summed E-state index contributed by atoms with van der Waals surface area (Å²) in [5.41, 5.74) is 0.897. The Labute approximate surface area is 146 Å². The molecule has 0 radical (unpaired) electrons. The van der Waals surface area contributed by atoms with Gasteiger partial charge in [-0.15, -0.1) is 0 Å². The predicted molar refractivity (Wildman–Crippen MR) is 98.2 cm³/mol. The van der Waals surface area contributed by atoms with Crippen molar-refractivity contribution in [3.05, 3.63) is 37.1 Å². The van der Waals surface area contributed by atoms with Crippen LogP contribution in [-0.2, 0) is 0 Å². The first-order valence-electron chi connectivity index (χ1n) is 8.50. The van der Waals surface area contributed by atoms with E-state index in [2.05, 4.69) is 30.2 Å². The van der Waals surface area contributed by atoms with Gasteiger partial charge in [0.05, 0.1) is 0 Å². The molecule has 3 aromatic rings. The van der Waals surface area contributed by atoms with Gasteiger partial charge in [0.15, 0.2) is 11.5 Å². The fraction of sp³-hybridized carbons (Fsp3) is 0.412. The minimum Gasteiger partial charge on any atom is -0.363 e. The molecule has 8 nitrogen and oxygen atoms in total. The smallest absolute Gasteiger partial charge is 0.224 e. The summed E-state index contributed by atoms with van der Waals surface area (Å²) in [5, 5.41) is 3.47. The van der Waals surface area contributed by atoms with Crippen LogP contribution in [0.2, 0.25) is 0 Å². The van der Waals surface area contributed by atoms with Crippen LogP contribution in [0.5, 0.6) is 0 Å². The third-order valence-electron chi connectivity index (χ3n) is 4.45. The Balaban J connectivity index is 1.51. The van der Waals surface area contributed by atoms with Gasteiger partial charge in [-0.3, -0.25) is 0 Å². The summed E-state index contributed by atoms with van der Waals surface area (Å²) in [6, 6.07) is 2.18. The number of nitrogens with one attached hydrogen (secondary N) is 1. The van der Waals surface area contributed by atoms with E-state index in [1.165, 1.54) is 0 Å². The average molecular weight is 338 g/mol. The first-order valence-corrected chi connectivity index (χ1v) is 8.50. The lowest BCUT2D eigenvalue weighted by atomic mass is 10.1. The van der Waals surface area contributed by atoms with Crippen molar-refractivity contribution in [1.29, 1.82) is 0 Å². The van der Waals surface area contributed by atoms with Gasteiger partial charge in [-0.2, -0.15) is 4.98 Å². The van der Waals surface area contributed by atoms with E-state index in [9.17, 15) is 0 Å². The number of piperidine rings is 1. The second-order valence-corrected chi connectivity index (χ2v) is 6.47. The van der Waals surface area contributed by atoms with E-state index in [4.69, 9.17) is 0 Å². The van der Waals surface area contributed by atoms with Crippen LogP contribution in [-0.4, -0.2) is 57.6 Å². The Bertz CT molecular complexity index is 858. The maximum atomic E-state index is 4.56. The Morgan fingerprint density at radius 2 is 1.96 bits per heavy atom. The van der Waals surface area contributed by atoms with E-state index in [1.807, 2.05) is 48.1 Å². The minimum atomic E-state index is 0.281. The third kappa shape index (κ3) is 3.19. The fourth-order valence-electron chi connectivity index (χ4n) is 3.20. The van der Waals surface area contributed by atoms with Crippen LogP contribution in [0, 0.1) is 0 Å². The summed E-state index contributed by atoms with van der Waals surface area (Å²) in [7, 11) is 3.95. The van der Waals surface area contributed by atoms with Gasteiger partial charge in [-0.1, -0.05) is 0 Å². The standard InChI is InChI=1S/C17H22N8/c1-23(2)14-5-6-20-17(22-14)21-13-4-3-9-25(12-13)16-15-18-7-10-24(15)11-8-19-16/h5-8,10-11,13H,3-4,9,12H2,1-2H3,(H,20,21,22). The van der Waals surface area contributed by atoms with Gasteiger partial charge in [-0.25, -0.2) is 15.0 Å². The van der Waals surface area contributed by atoms with Gasteiger partial charge in [-0.05, 0) is 18.9 Å². The molecule has 1 atom stereocenters. The zero-order valence-corrected chi connectivity index (χ0v) is 14.5. The molecule has 3 aromatic heterocycles. The predicted octanol–water partition coefficient (Wildman–Crippen LogP) is 1.67. The number of imidazole rings is 1. The zero-order chi connectivity index (χ0) is 17.2. The maximum Gasteiger partial charge on any atom is 0.224 e. The van der Waals surface area contributed by atoms with Crippen molar-refractivity contribution in [1.82, 2.24) is 24.3 Å². The molecule has 0 saturated carbocycles. The Morgan fingerprint density at radius 3 is 2.80 bits per heavy atom. The number of hydrogen-bond donors (Lipinski definition) is 1. The van der Waals surface area contributed by atoms with E-state index in [0.29, 0.717) is 5.95 Å². The second-order valence-electron chi connectivity index (χ2n) is 6.47. The summed E-state index contributed by atoms with van der Waals surface area (Å²) in [6.45, 7) is 1.84. The highest BCUT2D eigenvalue weighted by atomic mass is 15.3. The monoisotopic (exact) mass is 338 g/mol. The molecule has 1 N–H and O–H groups in total. The topological polar surface area (TPSA) is 74.5 Å². The first kappa shape index (κ1) is 15.6. The third-order valence-corrected chi connectivity index (χ3v) is 4.45. The maximum absolute atomic E-state index is 4.56. The number of aromatic nitrogens is 5. The van der Waals surface area contributed by atoms with E-state index < -0.39 is 0 Å². The molecule has 0 aliphatic carbocycles. The largest absolute Gasteiger partial charge is 0.363 e. The fourth-order valence-corrected chi connectivity index (χ4v) is 3.20. The van der Waals surface area contributed by atoms with Gasteiger partial charge in [0, 0.05) is 64.2 Å². The number of anilines is 3. The van der Waals surface area contributed by atoms with Gasteiger partial charge >= 0.3 is 0 Å². The van der Waals surface area contributed by atoms with Crippen LogP contribution in [0.25, 0.3) is 5.65 Å². The van der Waals surface area contributed by atoms with Crippen molar-refractivity contribution in [2.75, 3.05) is 42.3 Å². The molecule has 0 bridgehead atoms. The molecule has 1 saturated heterocycles. The van der Waals surface area contributed by atoms with Crippen molar-refractivity contribution in [3.8, 4) is 0 Å². The molecule has 1 unspecified atom stereocenters. The van der Waals surface area contributed by atoms with Gasteiger partial charge < -0.3 is 19.5 Å². The number of hydrogen-bond acceptors (Lipinski definition) is 7. The van der Waals surface area contributed by atoms with Gasteiger partial charge in [0.2, 0.25) is 5.95 Å². The van der Waals surface area contributed by atoms with Crippen LogP contribution in [0.1, 0.15) is 12.8 Å². The van der Waals surface area contributed by atoms with Crippen molar-refractivity contribution in [2.45, 2.75) is 18.9 Å². The molecular weight excluding hydrogens is 316 g/mol. The van der Waals surface area contributed by atoms with Gasteiger partial charge in [0.25, 0.3) is 0 Å². The lowest BCUT2D eigenvalue weighted by molar-refractivity contribution is 0.524. The van der Waals surface area contributed by atoms with E-state index in [-0.39, 0.29) is 6.04 Å². The highest BCUT2D eigenvalue weighted by Gasteiger charge is 2.23. The Hall–Kier alpha value is -2.90.